The van der Waals surface area contributed by atoms with Crippen LogP contribution in [-0.4, -0.2) is 68.4 Å². The molecule has 0 heterocycles. The summed E-state index contributed by atoms with van der Waals surface area (Å²) in [5.74, 6) is 1.71. The molecule has 0 spiro atoms. The van der Waals surface area contributed by atoms with E-state index in [0.717, 1.165) is 31.0 Å². The van der Waals surface area contributed by atoms with Crippen LogP contribution in [0.1, 0.15) is 46.5 Å². The second kappa shape index (κ2) is 11.2. The smallest absolute Gasteiger partial charge is 0.407 e. The van der Waals surface area contributed by atoms with E-state index in [0.29, 0.717) is 13.1 Å². The lowest BCUT2D eigenvalue weighted by atomic mass is 10.2. The summed E-state index contributed by atoms with van der Waals surface area (Å²) >= 11 is 0. The molecule has 1 amide bonds. The average Bonchev–Trinajstić information content (AvgIpc) is 3.40. The Hall–Kier alpha value is -0.770. The molecule has 0 bridgehead atoms. The predicted octanol–water partition coefficient (Wildman–Crippen LogP) is 2.17. The highest BCUT2D eigenvalue weighted by atomic mass is 127. The number of alkyl carbamates (subject to hydrolysis) is 1. The van der Waals surface area contributed by atoms with Crippen LogP contribution in [0.5, 0.6) is 0 Å². The fraction of sp³-hybridized carbons (Fsp3) is 0.889. The van der Waals surface area contributed by atoms with Crippen LogP contribution in [0.4, 0.5) is 4.79 Å². The molecule has 2 aliphatic rings. The minimum atomic E-state index is -0.469. The van der Waals surface area contributed by atoms with Crippen LogP contribution < -0.4 is 16.0 Å². The van der Waals surface area contributed by atoms with E-state index >= 15 is 0 Å². The largest absolute Gasteiger partial charge is 0.444 e. The lowest BCUT2D eigenvalue weighted by Gasteiger charge is -2.22. The van der Waals surface area contributed by atoms with E-state index in [2.05, 4.69) is 25.8 Å². The van der Waals surface area contributed by atoms with Crippen molar-refractivity contribution in [3.05, 3.63) is 0 Å². The molecule has 26 heavy (non-hydrogen) atoms. The summed E-state index contributed by atoms with van der Waals surface area (Å²) < 4.78 is 5.20. The minimum absolute atomic E-state index is 0. The third-order valence-corrected chi connectivity index (χ3v) is 4.25. The number of carbonyl (C=O) groups is 1. The fourth-order valence-electron chi connectivity index (χ4n) is 2.69. The van der Waals surface area contributed by atoms with E-state index in [1.807, 2.05) is 20.8 Å². The van der Waals surface area contributed by atoms with Gasteiger partial charge in [-0.15, -0.1) is 24.0 Å². The van der Waals surface area contributed by atoms with Crippen LogP contribution in [0, 0.1) is 5.92 Å². The fourth-order valence-corrected chi connectivity index (χ4v) is 2.69. The number of amides is 1. The number of hydrogen-bond donors (Lipinski definition) is 3. The van der Waals surface area contributed by atoms with Gasteiger partial charge in [-0.2, -0.15) is 0 Å². The number of aliphatic imine (C=N–C) groups is 1. The number of carbonyl (C=O) groups excluding carboxylic acids is 1. The molecule has 0 saturated heterocycles. The van der Waals surface area contributed by atoms with Gasteiger partial charge in [0.2, 0.25) is 0 Å². The average molecular weight is 481 g/mol. The Morgan fingerprint density at radius 1 is 1.08 bits per heavy atom. The number of nitrogens with zero attached hydrogens (tertiary/aromatic N) is 2. The molecular weight excluding hydrogens is 445 g/mol. The highest BCUT2D eigenvalue weighted by Crippen LogP contribution is 2.34. The van der Waals surface area contributed by atoms with Gasteiger partial charge < -0.3 is 20.7 Å². The number of guanidine groups is 1. The number of rotatable bonds is 9. The van der Waals surface area contributed by atoms with Crippen LogP contribution >= 0.6 is 24.0 Å². The van der Waals surface area contributed by atoms with E-state index in [4.69, 9.17) is 4.74 Å². The third kappa shape index (κ3) is 10.4. The molecule has 0 radical (unpaired) electrons. The normalized spacial score (nSPS) is 17.5. The van der Waals surface area contributed by atoms with Crippen molar-refractivity contribution in [2.75, 3.05) is 39.8 Å². The quantitative estimate of drug-likeness (QED) is 0.204. The maximum atomic E-state index is 11.6. The van der Waals surface area contributed by atoms with E-state index in [-0.39, 0.29) is 24.0 Å². The van der Waals surface area contributed by atoms with Crippen LogP contribution in [0.3, 0.4) is 0 Å². The minimum Gasteiger partial charge on any atom is -0.444 e. The van der Waals surface area contributed by atoms with Crippen molar-refractivity contribution in [2.45, 2.75) is 58.1 Å². The summed E-state index contributed by atoms with van der Waals surface area (Å²) in [7, 11) is 1.76. The molecule has 0 aliphatic heterocycles. The maximum Gasteiger partial charge on any atom is 0.407 e. The van der Waals surface area contributed by atoms with Gasteiger partial charge in [0, 0.05) is 45.8 Å². The Bertz CT molecular complexity index is 459. The van der Waals surface area contributed by atoms with Gasteiger partial charge in [-0.3, -0.25) is 9.89 Å². The second-order valence-electron chi connectivity index (χ2n) is 8.02. The maximum absolute atomic E-state index is 11.6. The van der Waals surface area contributed by atoms with Gasteiger partial charge in [-0.25, -0.2) is 4.79 Å². The van der Waals surface area contributed by atoms with Crippen molar-refractivity contribution in [1.29, 1.82) is 0 Å². The molecule has 152 valence electrons. The van der Waals surface area contributed by atoms with Crippen molar-refractivity contribution in [2.24, 2.45) is 10.9 Å². The lowest BCUT2D eigenvalue weighted by molar-refractivity contribution is 0.0529. The Morgan fingerprint density at radius 2 is 1.69 bits per heavy atom. The summed E-state index contributed by atoms with van der Waals surface area (Å²) in [5.41, 5.74) is -0.469. The van der Waals surface area contributed by atoms with Gasteiger partial charge in [0.15, 0.2) is 5.96 Å². The Morgan fingerprint density at radius 3 is 2.23 bits per heavy atom. The number of ether oxygens (including phenoxy) is 1. The molecule has 2 saturated carbocycles. The van der Waals surface area contributed by atoms with E-state index in [1.165, 1.54) is 32.2 Å². The molecule has 2 rings (SSSR count). The molecule has 3 N–H and O–H groups in total. The first-order chi connectivity index (χ1) is 11.9. The first-order valence-electron chi connectivity index (χ1n) is 9.53. The second-order valence-corrected chi connectivity index (χ2v) is 8.02. The zero-order valence-electron chi connectivity index (χ0n) is 16.6. The molecule has 0 atom stereocenters. The molecule has 0 aromatic heterocycles. The molecular formula is C18H36IN5O2. The molecule has 2 aliphatic carbocycles. The highest BCUT2D eigenvalue weighted by molar-refractivity contribution is 14.0. The van der Waals surface area contributed by atoms with Crippen LogP contribution in [-0.2, 0) is 4.74 Å². The SMILES string of the molecule is CN=C(NCCNC(=O)OC(C)(C)C)NCCN(CC1CC1)C1CC1.I. The third-order valence-electron chi connectivity index (χ3n) is 4.25. The summed E-state index contributed by atoms with van der Waals surface area (Å²) in [6.07, 6.45) is 5.14. The van der Waals surface area contributed by atoms with E-state index in [1.54, 1.807) is 7.05 Å². The predicted molar refractivity (Wildman–Crippen MR) is 116 cm³/mol. The van der Waals surface area contributed by atoms with Crippen molar-refractivity contribution in [3.63, 3.8) is 0 Å². The monoisotopic (exact) mass is 481 g/mol. The molecule has 7 nitrogen and oxygen atoms in total. The number of nitrogens with one attached hydrogen (secondary N) is 3. The van der Waals surface area contributed by atoms with Crippen molar-refractivity contribution >= 4 is 36.0 Å². The Labute approximate surface area is 175 Å². The van der Waals surface area contributed by atoms with Gasteiger partial charge in [-0.1, -0.05) is 0 Å². The molecule has 0 aromatic rings. The lowest BCUT2D eigenvalue weighted by Crippen LogP contribution is -2.45. The highest BCUT2D eigenvalue weighted by Gasteiger charge is 2.33. The van der Waals surface area contributed by atoms with Crippen molar-refractivity contribution in [3.8, 4) is 0 Å². The van der Waals surface area contributed by atoms with Crippen LogP contribution in [0.25, 0.3) is 0 Å². The molecule has 0 unspecified atom stereocenters. The Kier molecular flexibility index (Phi) is 9.99. The zero-order valence-corrected chi connectivity index (χ0v) is 19.0. The zero-order chi connectivity index (χ0) is 18.3. The van der Waals surface area contributed by atoms with Crippen LogP contribution in [0.15, 0.2) is 4.99 Å². The van der Waals surface area contributed by atoms with Gasteiger partial charge in [0.25, 0.3) is 0 Å². The van der Waals surface area contributed by atoms with Gasteiger partial charge >= 0.3 is 6.09 Å². The standard InChI is InChI=1S/C18H35N5O2.HI/c1-18(2,3)25-17(24)22-10-9-20-16(19-4)21-11-12-23(15-7-8-15)13-14-5-6-14;/h14-15H,5-13H2,1-4H3,(H,22,24)(H2,19,20,21);1H. The number of hydrogen-bond acceptors (Lipinski definition) is 4. The van der Waals surface area contributed by atoms with E-state index < -0.39 is 11.7 Å². The first kappa shape index (κ1) is 23.3. The first-order valence-corrected chi connectivity index (χ1v) is 9.53. The van der Waals surface area contributed by atoms with Crippen molar-refractivity contribution in [1.82, 2.24) is 20.9 Å². The molecule has 0 aromatic carbocycles. The van der Waals surface area contributed by atoms with Gasteiger partial charge in [0.05, 0.1) is 0 Å². The van der Waals surface area contributed by atoms with Crippen molar-refractivity contribution < 1.29 is 9.53 Å². The number of halogens is 1. The topological polar surface area (TPSA) is 78.0 Å². The molecule has 2 fully saturated rings. The molecule has 8 heteroatoms. The van der Waals surface area contributed by atoms with Crippen LogP contribution in [0.2, 0.25) is 0 Å². The van der Waals surface area contributed by atoms with Gasteiger partial charge in [-0.05, 0) is 52.4 Å². The van der Waals surface area contributed by atoms with Gasteiger partial charge in [0.1, 0.15) is 5.60 Å². The summed E-state index contributed by atoms with van der Waals surface area (Å²) in [6, 6.07) is 0.815. The van der Waals surface area contributed by atoms with E-state index in [9.17, 15) is 4.79 Å². The Balaban J connectivity index is 0.00000338. The summed E-state index contributed by atoms with van der Waals surface area (Å²) in [6.45, 7) is 9.87. The summed E-state index contributed by atoms with van der Waals surface area (Å²) in [4.78, 5) is 18.4. The summed E-state index contributed by atoms with van der Waals surface area (Å²) in [5, 5.41) is 9.30.